The lowest BCUT2D eigenvalue weighted by atomic mass is 10.1. The topological polar surface area (TPSA) is 76.4 Å². The summed E-state index contributed by atoms with van der Waals surface area (Å²) in [6, 6.07) is 0. The molecule has 172 valence electrons. The number of hydrazine groups is 2. The second-order valence-corrected chi connectivity index (χ2v) is 8.04. The first-order valence-electron chi connectivity index (χ1n) is 12.3. The SMILES string of the molecule is CCCCCCCCCCC(=O)OCCCCC/C=C/CCCCCCNNN. The minimum Gasteiger partial charge on any atom is -0.466 e. The summed E-state index contributed by atoms with van der Waals surface area (Å²) < 4.78 is 5.34. The summed E-state index contributed by atoms with van der Waals surface area (Å²) in [4.78, 5) is 11.7. The highest BCUT2D eigenvalue weighted by Gasteiger charge is 2.02. The van der Waals surface area contributed by atoms with Crippen LogP contribution >= 0.6 is 0 Å². The van der Waals surface area contributed by atoms with Crippen molar-refractivity contribution in [1.82, 2.24) is 11.0 Å². The lowest BCUT2D eigenvalue weighted by Crippen LogP contribution is -2.38. The summed E-state index contributed by atoms with van der Waals surface area (Å²) in [5.41, 5.74) is 5.35. The van der Waals surface area contributed by atoms with Crippen molar-refractivity contribution in [3.8, 4) is 0 Å². The molecule has 0 radical (unpaired) electrons. The number of rotatable bonds is 23. The van der Waals surface area contributed by atoms with E-state index in [4.69, 9.17) is 10.6 Å². The van der Waals surface area contributed by atoms with E-state index in [1.807, 2.05) is 0 Å². The highest BCUT2D eigenvalue weighted by atomic mass is 16.5. The number of hydrogen-bond donors (Lipinski definition) is 3. The lowest BCUT2D eigenvalue weighted by molar-refractivity contribution is -0.143. The van der Waals surface area contributed by atoms with Crippen LogP contribution in [0.5, 0.6) is 0 Å². The van der Waals surface area contributed by atoms with E-state index < -0.39 is 0 Å². The maximum Gasteiger partial charge on any atom is 0.305 e. The Morgan fingerprint density at radius 3 is 1.97 bits per heavy atom. The third-order valence-corrected chi connectivity index (χ3v) is 5.20. The molecule has 0 spiro atoms. The molecule has 0 saturated heterocycles. The van der Waals surface area contributed by atoms with Crippen molar-refractivity contribution in [2.45, 2.75) is 122 Å². The van der Waals surface area contributed by atoms with E-state index in [-0.39, 0.29) is 5.97 Å². The molecule has 29 heavy (non-hydrogen) atoms. The molecule has 0 aromatic rings. The molecule has 0 aliphatic carbocycles. The van der Waals surface area contributed by atoms with Gasteiger partial charge in [0, 0.05) is 13.0 Å². The Balaban J connectivity index is 3.20. The average Bonchev–Trinajstić information content (AvgIpc) is 2.72. The minimum atomic E-state index is -0.00838. The predicted molar refractivity (Wildman–Crippen MR) is 124 cm³/mol. The van der Waals surface area contributed by atoms with Crippen molar-refractivity contribution in [3.05, 3.63) is 12.2 Å². The Kier molecular flexibility index (Phi) is 24.3. The smallest absolute Gasteiger partial charge is 0.305 e. The first-order chi connectivity index (χ1) is 14.3. The largest absolute Gasteiger partial charge is 0.466 e. The molecule has 0 bridgehead atoms. The highest BCUT2D eigenvalue weighted by molar-refractivity contribution is 5.69. The second kappa shape index (κ2) is 25.1. The molecule has 5 heteroatoms. The number of nitrogens with one attached hydrogen (secondary N) is 2. The van der Waals surface area contributed by atoms with Crippen molar-refractivity contribution in [2.24, 2.45) is 5.84 Å². The van der Waals surface area contributed by atoms with Gasteiger partial charge in [0.25, 0.3) is 0 Å². The zero-order valence-corrected chi connectivity index (χ0v) is 19.2. The third kappa shape index (κ3) is 25.1. The van der Waals surface area contributed by atoms with Crippen molar-refractivity contribution >= 4 is 5.97 Å². The average molecular weight is 412 g/mol. The van der Waals surface area contributed by atoms with E-state index in [1.54, 1.807) is 0 Å². The van der Waals surface area contributed by atoms with Gasteiger partial charge in [0.15, 0.2) is 0 Å². The van der Waals surface area contributed by atoms with E-state index >= 15 is 0 Å². The normalized spacial score (nSPS) is 11.4. The number of ether oxygens (including phenoxy) is 1. The minimum absolute atomic E-state index is 0.00838. The van der Waals surface area contributed by atoms with Gasteiger partial charge in [0.2, 0.25) is 0 Å². The zero-order chi connectivity index (χ0) is 21.3. The van der Waals surface area contributed by atoms with Gasteiger partial charge in [-0.05, 0) is 51.4 Å². The van der Waals surface area contributed by atoms with Gasteiger partial charge in [-0.1, -0.05) is 76.9 Å². The summed E-state index contributed by atoms with van der Waals surface area (Å²) in [7, 11) is 0. The fourth-order valence-corrected chi connectivity index (χ4v) is 3.34. The lowest BCUT2D eigenvalue weighted by Gasteiger charge is -2.05. The van der Waals surface area contributed by atoms with Crippen LogP contribution in [0.15, 0.2) is 12.2 Å². The number of allylic oxidation sites excluding steroid dienone is 2. The molecular weight excluding hydrogens is 362 g/mol. The molecule has 0 amide bonds. The van der Waals surface area contributed by atoms with Crippen LogP contribution in [0.2, 0.25) is 0 Å². The molecule has 0 aliphatic rings. The Labute approximate surface area is 180 Å². The zero-order valence-electron chi connectivity index (χ0n) is 19.2. The highest BCUT2D eigenvalue weighted by Crippen LogP contribution is 2.10. The first-order valence-corrected chi connectivity index (χ1v) is 12.3. The van der Waals surface area contributed by atoms with Crippen molar-refractivity contribution in [3.63, 3.8) is 0 Å². The van der Waals surface area contributed by atoms with Crippen molar-refractivity contribution in [1.29, 1.82) is 0 Å². The Morgan fingerprint density at radius 2 is 1.31 bits per heavy atom. The molecule has 0 aromatic carbocycles. The summed E-state index contributed by atoms with van der Waals surface area (Å²) in [6.45, 7) is 3.77. The van der Waals surface area contributed by atoms with Crippen LogP contribution < -0.4 is 16.8 Å². The van der Waals surface area contributed by atoms with Gasteiger partial charge >= 0.3 is 5.97 Å². The molecule has 0 fully saturated rings. The summed E-state index contributed by atoms with van der Waals surface area (Å²) in [5, 5.41) is 0. The van der Waals surface area contributed by atoms with E-state index in [1.165, 1.54) is 70.6 Å². The molecule has 4 N–H and O–H groups in total. The summed E-state index contributed by atoms with van der Waals surface area (Å²) in [6.07, 6.45) is 25.9. The van der Waals surface area contributed by atoms with E-state index in [0.717, 1.165) is 45.1 Å². The van der Waals surface area contributed by atoms with Gasteiger partial charge in [-0.15, -0.1) is 0 Å². The van der Waals surface area contributed by atoms with Gasteiger partial charge < -0.3 is 4.74 Å². The predicted octanol–water partition coefficient (Wildman–Crippen LogP) is 6.10. The second-order valence-electron chi connectivity index (χ2n) is 8.04. The molecule has 0 heterocycles. The number of carbonyl (C=O) groups is 1. The fraction of sp³-hybridized carbons (Fsp3) is 0.875. The van der Waals surface area contributed by atoms with Crippen LogP contribution in [0.3, 0.4) is 0 Å². The van der Waals surface area contributed by atoms with Crippen molar-refractivity contribution < 1.29 is 9.53 Å². The van der Waals surface area contributed by atoms with Crippen molar-refractivity contribution in [2.75, 3.05) is 13.2 Å². The molecule has 0 aliphatic heterocycles. The number of unbranched alkanes of at least 4 members (excludes halogenated alkanes) is 14. The number of hydrogen-bond acceptors (Lipinski definition) is 5. The molecule has 0 saturated carbocycles. The monoisotopic (exact) mass is 411 g/mol. The van der Waals surface area contributed by atoms with Crippen LogP contribution in [0.1, 0.15) is 122 Å². The third-order valence-electron chi connectivity index (χ3n) is 5.20. The van der Waals surface area contributed by atoms with Crippen LogP contribution in [0, 0.1) is 0 Å². The maximum atomic E-state index is 11.7. The molecule has 5 nitrogen and oxygen atoms in total. The van der Waals surface area contributed by atoms with E-state index in [9.17, 15) is 4.79 Å². The van der Waals surface area contributed by atoms with Gasteiger partial charge in [-0.2, -0.15) is 5.53 Å². The Morgan fingerprint density at radius 1 is 0.759 bits per heavy atom. The van der Waals surface area contributed by atoms with Crippen LogP contribution in [-0.4, -0.2) is 19.1 Å². The quantitative estimate of drug-likeness (QED) is 0.0623. The molecule has 0 atom stereocenters. The van der Waals surface area contributed by atoms with Gasteiger partial charge in [0.05, 0.1) is 6.61 Å². The van der Waals surface area contributed by atoms with Crippen LogP contribution in [0.25, 0.3) is 0 Å². The Bertz CT molecular complexity index is 362. The maximum absolute atomic E-state index is 11.7. The molecular formula is C24H49N3O2. The molecule has 0 aromatic heterocycles. The number of esters is 1. The van der Waals surface area contributed by atoms with Gasteiger partial charge in [0.1, 0.15) is 0 Å². The summed E-state index contributed by atoms with van der Waals surface area (Å²) in [5.74, 6) is 5.13. The number of carbonyl (C=O) groups excluding carboxylic acids is 1. The number of nitrogens with two attached hydrogens (primary N) is 1. The first kappa shape index (κ1) is 28.1. The Hall–Kier alpha value is -0.910. The fourth-order valence-electron chi connectivity index (χ4n) is 3.34. The summed E-state index contributed by atoms with van der Waals surface area (Å²) >= 11 is 0. The molecule has 0 rings (SSSR count). The van der Waals surface area contributed by atoms with Crippen LogP contribution in [0.4, 0.5) is 0 Å². The van der Waals surface area contributed by atoms with E-state index in [2.05, 4.69) is 30.0 Å². The molecule has 0 unspecified atom stereocenters. The van der Waals surface area contributed by atoms with Gasteiger partial charge in [-0.25, -0.2) is 5.43 Å². The van der Waals surface area contributed by atoms with Gasteiger partial charge in [-0.3, -0.25) is 10.6 Å². The van der Waals surface area contributed by atoms with Crippen LogP contribution in [-0.2, 0) is 9.53 Å². The van der Waals surface area contributed by atoms with E-state index in [0.29, 0.717) is 13.0 Å². The standard InChI is InChI=1S/C24H49N3O2/c1-2-3-4-5-6-12-15-18-21-24(28)29-23-20-17-14-11-9-7-8-10-13-16-19-22-26-27-25/h7,9,26-27H,2-6,8,10-23,25H2,1H3/b9-7+.